The van der Waals surface area contributed by atoms with Crippen LogP contribution in [0.5, 0.6) is 5.75 Å². The lowest BCUT2D eigenvalue weighted by Gasteiger charge is -2.34. The number of piperidine rings is 1. The lowest BCUT2D eigenvalue weighted by molar-refractivity contribution is 0.241. The summed E-state index contributed by atoms with van der Waals surface area (Å²) in [5.74, 6) is 1.71. The van der Waals surface area contributed by atoms with Gasteiger partial charge in [-0.25, -0.2) is 0 Å². The van der Waals surface area contributed by atoms with Gasteiger partial charge in [-0.3, -0.25) is 4.98 Å². The molecule has 0 spiro atoms. The Hall–Kier alpha value is -1.35. The molecule has 19 heavy (non-hydrogen) atoms. The lowest BCUT2D eigenvalue weighted by Crippen LogP contribution is -2.39. The minimum absolute atomic E-state index is 0.193. The van der Waals surface area contributed by atoms with E-state index in [9.17, 15) is 0 Å². The highest BCUT2D eigenvalue weighted by Crippen LogP contribution is 2.35. The van der Waals surface area contributed by atoms with Gasteiger partial charge in [-0.15, -0.1) is 0 Å². The van der Waals surface area contributed by atoms with Crippen molar-refractivity contribution in [3.63, 3.8) is 0 Å². The van der Waals surface area contributed by atoms with E-state index in [0.29, 0.717) is 6.04 Å². The molecular weight excluding hydrogens is 236 g/mol. The molecule has 0 amide bonds. The molecule has 2 unspecified atom stereocenters. The first kappa shape index (κ1) is 12.7. The number of pyridine rings is 1. The summed E-state index contributed by atoms with van der Waals surface area (Å²) in [5.41, 5.74) is 2.65. The SMILES string of the molecule is CC(C)Oc1cncc(C2=CC3CC(CCN3)C2)c1. The second-order valence-corrected chi connectivity index (χ2v) is 5.92. The molecule has 3 rings (SSSR count). The average molecular weight is 258 g/mol. The fourth-order valence-corrected chi connectivity index (χ4v) is 3.11. The third-order valence-corrected chi connectivity index (χ3v) is 3.91. The molecule has 2 aliphatic rings. The van der Waals surface area contributed by atoms with E-state index in [1.165, 1.54) is 30.4 Å². The second kappa shape index (κ2) is 5.33. The first-order valence-corrected chi connectivity index (χ1v) is 7.27. The van der Waals surface area contributed by atoms with E-state index >= 15 is 0 Å². The quantitative estimate of drug-likeness (QED) is 0.905. The number of hydrogen-bond acceptors (Lipinski definition) is 3. The van der Waals surface area contributed by atoms with Crippen LogP contribution in [0.1, 0.15) is 38.7 Å². The Morgan fingerprint density at radius 2 is 2.26 bits per heavy atom. The molecule has 1 saturated heterocycles. The van der Waals surface area contributed by atoms with Gasteiger partial charge in [0.05, 0.1) is 12.3 Å². The minimum Gasteiger partial charge on any atom is -0.489 e. The van der Waals surface area contributed by atoms with Crippen molar-refractivity contribution in [2.75, 3.05) is 6.54 Å². The molecule has 1 fully saturated rings. The maximum absolute atomic E-state index is 5.73. The number of nitrogens with zero attached hydrogens (tertiary/aromatic N) is 1. The van der Waals surface area contributed by atoms with Gasteiger partial charge in [0.15, 0.2) is 0 Å². The topological polar surface area (TPSA) is 34.1 Å². The van der Waals surface area contributed by atoms with E-state index in [0.717, 1.165) is 18.2 Å². The Labute approximate surface area is 115 Å². The van der Waals surface area contributed by atoms with Crippen molar-refractivity contribution in [1.29, 1.82) is 0 Å². The van der Waals surface area contributed by atoms with Crippen LogP contribution in [0.15, 0.2) is 24.5 Å². The van der Waals surface area contributed by atoms with E-state index < -0.39 is 0 Å². The van der Waals surface area contributed by atoms with E-state index in [1.807, 2.05) is 20.0 Å². The Bertz CT molecular complexity index is 481. The number of nitrogens with one attached hydrogen (secondary N) is 1. The van der Waals surface area contributed by atoms with E-state index in [1.54, 1.807) is 6.20 Å². The average Bonchev–Trinajstić information content (AvgIpc) is 2.38. The number of rotatable bonds is 3. The Morgan fingerprint density at radius 3 is 3.05 bits per heavy atom. The van der Waals surface area contributed by atoms with Gasteiger partial charge < -0.3 is 10.1 Å². The molecule has 2 atom stereocenters. The second-order valence-electron chi connectivity index (χ2n) is 5.92. The van der Waals surface area contributed by atoms with Crippen LogP contribution in [0.3, 0.4) is 0 Å². The summed E-state index contributed by atoms with van der Waals surface area (Å²) < 4.78 is 5.73. The van der Waals surface area contributed by atoms with Crippen molar-refractivity contribution in [2.24, 2.45) is 5.92 Å². The first-order valence-electron chi connectivity index (χ1n) is 7.27. The van der Waals surface area contributed by atoms with Gasteiger partial charge >= 0.3 is 0 Å². The number of hydrogen-bond donors (Lipinski definition) is 1. The van der Waals surface area contributed by atoms with E-state index in [4.69, 9.17) is 4.74 Å². The highest BCUT2D eigenvalue weighted by molar-refractivity contribution is 5.67. The predicted molar refractivity (Wildman–Crippen MR) is 77.1 cm³/mol. The molecule has 102 valence electrons. The van der Waals surface area contributed by atoms with Crippen molar-refractivity contribution in [1.82, 2.24) is 10.3 Å². The van der Waals surface area contributed by atoms with E-state index in [-0.39, 0.29) is 6.10 Å². The summed E-state index contributed by atoms with van der Waals surface area (Å²) in [6.45, 7) is 5.25. The monoisotopic (exact) mass is 258 g/mol. The lowest BCUT2D eigenvalue weighted by atomic mass is 9.79. The van der Waals surface area contributed by atoms with Crippen LogP contribution >= 0.6 is 0 Å². The zero-order valence-electron chi connectivity index (χ0n) is 11.7. The molecule has 1 aliphatic carbocycles. The van der Waals surface area contributed by atoms with Gasteiger partial charge in [-0.2, -0.15) is 0 Å². The van der Waals surface area contributed by atoms with Crippen molar-refractivity contribution >= 4 is 5.57 Å². The molecule has 1 N–H and O–H groups in total. The highest BCUT2D eigenvalue weighted by Gasteiger charge is 2.26. The predicted octanol–water partition coefficient (Wildman–Crippen LogP) is 3.02. The number of aromatic nitrogens is 1. The fourth-order valence-electron chi connectivity index (χ4n) is 3.11. The summed E-state index contributed by atoms with van der Waals surface area (Å²) in [5, 5.41) is 3.57. The van der Waals surface area contributed by atoms with Gasteiger partial charge in [0, 0.05) is 12.2 Å². The van der Waals surface area contributed by atoms with Crippen molar-refractivity contribution in [3.8, 4) is 5.75 Å². The maximum atomic E-state index is 5.73. The zero-order valence-corrected chi connectivity index (χ0v) is 11.7. The van der Waals surface area contributed by atoms with Crippen LogP contribution in [0, 0.1) is 5.92 Å². The molecule has 1 aromatic heterocycles. The first-order chi connectivity index (χ1) is 9.20. The van der Waals surface area contributed by atoms with Crippen LogP contribution in [0.4, 0.5) is 0 Å². The van der Waals surface area contributed by atoms with Gasteiger partial charge in [0.1, 0.15) is 5.75 Å². The van der Waals surface area contributed by atoms with Crippen LogP contribution < -0.4 is 10.1 Å². The zero-order chi connectivity index (χ0) is 13.2. The molecule has 0 saturated carbocycles. The third-order valence-electron chi connectivity index (χ3n) is 3.91. The Balaban J connectivity index is 1.83. The molecule has 3 nitrogen and oxygen atoms in total. The molecule has 1 aliphatic heterocycles. The normalized spacial score (nSPS) is 26.2. The largest absolute Gasteiger partial charge is 0.489 e. The molecular formula is C16H22N2O. The van der Waals surface area contributed by atoms with E-state index in [2.05, 4.69) is 22.4 Å². The van der Waals surface area contributed by atoms with Crippen LogP contribution in [-0.4, -0.2) is 23.7 Å². The van der Waals surface area contributed by atoms with Gasteiger partial charge in [-0.05, 0) is 62.8 Å². The van der Waals surface area contributed by atoms with Crippen molar-refractivity contribution < 1.29 is 4.74 Å². The van der Waals surface area contributed by atoms with Crippen LogP contribution in [0.2, 0.25) is 0 Å². The Kier molecular flexibility index (Phi) is 3.56. The summed E-state index contributed by atoms with van der Waals surface area (Å²) in [6.07, 6.45) is 10.1. The molecule has 3 heteroatoms. The fraction of sp³-hybridized carbons (Fsp3) is 0.562. The van der Waals surface area contributed by atoms with Crippen LogP contribution in [0.25, 0.3) is 5.57 Å². The summed E-state index contributed by atoms with van der Waals surface area (Å²) in [6, 6.07) is 2.68. The number of allylic oxidation sites excluding steroid dienone is 1. The van der Waals surface area contributed by atoms with Crippen LogP contribution in [-0.2, 0) is 0 Å². The molecule has 1 aromatic rings. The molecule has 0 radical (unpaired) electrons. The van der Waals surface area contributed by atoms with Gasteiger partial charge in [-0.1, -0.05) is 6.08 Å². The summed E-state index contributed by atoms with van der Waals surface area (Å²) in [4.78, 5) is 4.32. The minimum atomic E-state index is 0.193. The Morgan fingerprint density at radius 1 is 1.37 bits per heavy atom. The summed E-state index contributed by atoms with van der Waals surface area (Å²) >= 11 is 0. The molecule has 2 bridgehead atoms. The third kappa shape index (κ3) is 2.98. The van der Waals surface area contributed by atoms with Gasteiger partial charge in [0.2, 0.25) is 0 Å². The molecule has 0 aromatic carbocycles. The standard InChI is InChI=1S/C16H22N2O/c1-11(2)19-16-8-14(9-17-10-16)13-5-12-3-4-18-15(6-12)7-13/h7-12,15,18H,3-6H2,1-2H3. The van der Waals surface area contributed by atoms with Gasteiger partial charge in [0.25, 0.3) is 0 Å². The highest BCUT2D eigenvalue weighted by atomic mass is 16.5. The van der Waals surface area contributed by atoms with Crippen molar-refractivity contribution in [2.45, 2.75) is 45.3 Å². The number of ether oxygens (including phenoxy) is 1. The smallest absolute Gasteiger partial charge is 0.138 e. The number of fused-ring (bicyclic) bond motifs is 2. The molecule has 2 heterocycles. The van der Waals surface area contributed by atoms with Crippen molar-refractivity contribution in [3.05, 3.63) is 30.1 Å². The summed E-state index contributed by atoms with van der Waals surface area (Å²) in [7, 11) is 0. The maximum Gasteiger partial charge on any atom is 0.138 e.